The van der Waals surface area contributed by atoms with Crippen molar-refractivity contribution >= 4 is 0 Å². The Balaban J connectivity index is 2.11. The van der Waals surface area contributed by atoms with Gasteiger partial charge in [-0.15, -0.1) is 0 Å². The third-order valence-corrected chi connectivity index (χ3v) is 2.62. The van der Waals surface area contributed by atoms with E-state index in [1.165, 1.54) is 0 Å². The SMILES string of the molecule is NCC1CCCOC1c1ccoc1. The summed E-state index contributed by atoms with van der Waals surface area (Å²) in [6.07, 6.45) is 5.86. The van der Waals surface area contributed by atoms with Gasteiger partial charge in [0, 0.05) is 18.1 Å². The van der Waals surface area contributed by atoms with E-state index in [1.807, 2.05) is 6.07 Å². The van der Waals surface area contributed by atoms with Crippen LogP contribution in [0.5, 0.6) is 0 Å². The number of nitrogens with two attached hydrogens (primary N) is 1. The van der Waals surface area contributed by atoms with Crippen molar-refractivity contribution in [3.8, 4) is 0 Å². The van der Waals surface area contributed by atoms with Gasteiger partial charge in [0.1, 0.15) is 0 Å². The van der Waals surface area contributed by atoms with Crippen molar-refractivity contribution in [1.29, 1.82) is 0 Å². The van der Waals surface area contributed by atoms with Gasteiger partial charge in [-0.1, -0.05) is 0 Å². The van der Waals surface area contributed by atoms with Gasteiger partial charge in [-0.25, -0.2) is 0 Å². The average molecular weight is 181 g/mol. The lowest BCUT2D eigenvalue weighted by Crippen LogP contribution is -2.28. The fourth-order valence-corrected chi connectivity index (χ4v) is 1.89. The minimum Gasteiger partial charge on any atom is -0.472 e. The lowest BCUT2D eigenvalue weighted by Gasteiger charge is -2.30. The van der Waals surface area contributed by atoms with Crippen LogP contribution in [0, 0.1) is 5.92 Å². The molecule has 3 nitrogen and oxygen atoms in total. The lowest BCUT2D eigenvalue weighted by atomic mass is 9.91. The van der Waals surface area contributed by atoms with Crippen LogP contribution in [0.2, 0.25) is 0 Å². The van der Waals surface area contributed by atoms with Crippen molar-refractivity contribution in [3.63, 3.8) is 0 Å². The maximum absolute atomic E-state index is 5.69. The first kappa shape index (κ1) is 8.78. The van der Waals surface area contributed by atoms with Gasteiger partial charge in [-0.2, -0.15) is 0 Å². The number of furan rings is 1. The molecule has 13 heavy (non-hydrogen) atoms. The summed E-state index contributed by atoms with van der Waals surface area (Å²) in [4.78, 5) is 0. The smallest absolute Gasteiger partial charge is 0.0960 e. The van der Waals surface area contributed by atoms with E-state index >= 15 is 0 Å². The van der Waals surface area contributed by atoms with E-state index in [2.05, 4.69) is 0 Å². The first-order chi connectivity index (χ1) is 6.42. The highest BCUT2D eigenvalue weighted by Gasteiger charge is 2.26. The number of ether oxygens (including phenoxy) is 1. The van der Waals surface area contributed by atoms with E-state index < -0.39 is 0 Å². The van der Waals surface area contributed by atoms with Crippen LogP contribution in [-0.4, -0.2) is 13.2 Å². The van der Waals surface area contributed by atoms with Crippen molar-refractivity contribution in [2.24, 2.45) is 11.7 Å². The molecule has 1 aliphatic heterocycles. The maximum atomic E-state index is 5.69. The van der Waals surface area contributed by atoms with E-state index in [0.717, 1.165) is 25.0 Å². The summed E-state index contributed by atoms with van der Waals surface area (Å²) < 4.78 is 10.7. The van der Waals surface area contributed by atoms with Crippen LogP contribution in [0.15, 0.2) is 23.0 Å². The maximum Gasteiger partial charge on any atom is 0.0960 e. The second kappa shape index (κ2) is 3.94. The summed E-state index contributed by atoms with van der Waals surface area (Å²) in [7, 11) is 0. The summed E-state index contributed by atoms with van der Waals surface area (Å²) in [6.45, 7) is 1.53. The van der Waals surface area contributed by atoms with Crippen molar-refractivity contribution in [2.45, 2.75) is 18.9 Å². The van der Waals surface area contributed by atoms with E-state index in [1.54, 1.807) is 12.5 Å². The molecule has 0 aliphatic carbocycles. The van der Waals surface area contributed by atoms with Gasteiger partial charge < -0.3 is 14.9 Å². The first-order valence-electron chi connectivity index (χ1n) is 4.75. The largest absolute Gasteiger partial charge is 0.472 e. The summed E-state index contributed by atoms with van der Waals surface area (Å²) in [5, 5.41) is 0. The summed E-state index contributed by atoms with van der Waals surface area (Å²) >= 11 is 0. The molecule has 72 valence electrons. The first-order valence-corrected chi connectivity index (χ1v) is 4.75. The van der Waals surface area contributed by atoms with Gasteiger partial charge in [0.05, 0.1) is 18.6 Å². The molecule has 2 unspecified atom stereocenters. The fraction of sp³-hybridized carbons (Fsp3) is 0.600. The molecule has 2 atom stereocenters. The Hall–Kier alpha value is -0.800. The van der Waals surface area contributed by atoms with Crippen molar-refractivity contribution in [3.05, 3.63) is 24.2 Å². The monoisotopic (exact) mass is 181 g/mol. The molecular formula is C10H15NO2. The van der Waals surface area contributed by atoms with Gasteiger partial charge in [-0.05, 0) is 25.5 Å². The number of rotatable bonds is 2. The molecule has 0 aromatic carbocycles. The summed E-state index contributed by atoms with van der Waals surface area (Å²) in [5.41, 5.74) is 6.81. The minimum absolute atomic E-state index is 0.150. The van der Waals surface area contributed by atoms with Crippen LogP contribution >= 0.6 is 0 Å². The van der Waals surface area contributed by atoms with Crippen LogP contribution < -0.4 is 5.73 Å². The zero-order chi connectivity index (χ0) is 9.10. The van der Waals surface area contributed by atoms with E-state index in [4.69, 9.17) is 14.9 Å². The Morgan fingerprint density at radius 2 is 2.46 bits per heavy atom. The second-order valence-corrected chi connectivity index (χ2v) is 3.49. The van der Waals surface area contributed by atoms with Crippen molar-refractivity contribution in [1.82, 2.24) is 0 Å². The molecule has 3 heteroatoms. The van der Waals surface area contributed by atoms with Crippen LogP contribution in [0.25, 0.3) is 0 Å². The van der Waals surface area contributed by atoms with Crippen molar-refractivity contribution < 1.29 is 9.15 Å². The number of hydrogen-bond donors (Lipinski definition) is 1. The molecule has 0 spiro atoms. The highest BCUT2D eigenvalue weighted by molar-refractivity contribution is 5.11. The topological polar surface area (TPSA) is 48.4 Å². The van der Waals surface area contributed by atoms with Gasteiger partial charge >= 0.3 is 0 Å². The Kier molecular flexibility index (Phi) is 2.66. The molecule has 2 rings (SSSR count). The molecular weight excluding hydrogens is 166 g/mol. The quantitative estimate of drug-likeness (QED) is 0.755. The minimum atomic E-state index is 0.150. The third kappa shape index (κ3) is 1.76. The van der Waals surface area contributed by atoms with Gasteiger partial charge in [0.15, 0.2) is 0 Å². The van der Waals surface area contributed by atoms with E-state index in [0.29, 0.717) is 12.5 Å². The van der Waals surface area contributed by atoms with E-state index in [-0.39, 0.29) is 6.10 Å². The van der Waals surface area contributed by atoms with E-state index in [9.17, 15) is 0 Å². The summed E-state index contributed by atoms with van der Waals surface area (Å²) in [5.74, 6) is 0.450. The molecule has 1 aromatic heterocycles. The fourth-order valence-electron chi connectivity index (χ4n) is 1.89. The normalized spacial score (nSPS) is 29.0. The second-order valence-electron chi connectivity index (χ2n) is 3.49. The molecule has 1 aromatic rings. The average Bonchev–Trinajstić information content (AvgIpc) is 2.70. The van der Waals surface area contributed by atoms with Gasteiger partial charge in [-0.3, -0.25) is 0 Å². The highest BCUT2D eigenvalue weighted by Crippen LogP contribution is 2.32. The zero-order valence-corrected chi connectivity index (χ0v) is 7.61. The van der Waals surface area contributed by atoms with Crippen LogP contribution in [0.3, 0.4) is 0 Å². The molecule has 1 aliphatic rings. The van der Waals surface area contributed by atoms with Crippen LogP contribution in [0.1, 0.15) is 24.5 Å². The Bertz CT molecular complexity index is 245. The predicted molar refractivity (Wildman–Crippen MR) is 49.2 cm³/mol. The Labute approximate surface area is 77.9 Å². The number of hydrogen-bond acceptors (Lipinski definition) is 3. The highest BCUT2D eigenvalue weighted by atomic mass is 16.5. The van der Waals surface area contributed by atoms with Gasteiger partial charge in [0.2, 0.25) is 0 Å². The zero-order valence-electron chi connectivity index (χ0n) is 7.61. The molecule has 2 N–H and O–H groups in total. The Morgan fingerprint density at radius 3 is 3.15 bits per heavy atom. The lowest BCUT2D eigenvalue weighted by molar-refractivity contribution is -0.0254. The molecule has 0 amide bonds. The standard InChI is InChI=1S/C10H15NO2/c11-6-8-2-1-4-13-10(8)9-3-5-12-7-9/h3,5,7-8,10H,1-2,4,6,11H2. The van der Waals surface area contributed by atoms with Crippen molar-refractivity contribution in [2.75, 3.05) is 13.2 Å². The molecule has 2 heterocycles. The summed E-state index contributed by atoms with van der Waals surface area (Å²) in [6, 6.07) is 1.96. The molecule has 0 saturated carbocycles. The predicted octanol–water partition coefficient (Wildman–Crippen LogP) is 1.71. The molecule has 1 saturated heterocycles. The van der Waals surface area contributed by atoms with Gasteiger partial charge in [0.25, 0.3) is 0 Å². The third-order valence-electron chi connectivity index (χ3n) is 2.62. The van der Waals surface area contributed by atoms with Crippen LogP contribution in [-0.2, 0) is 4.74 Å². The molecule has 0 bridgehead atoms. The molecule has 1 fully saturated rings. The Morgan fingerprint density at radius 1 is 1.54 bits per heavy atom. The van der Waals surface area contributed by atoms with Crippen LogP contribution in [0.4, 0.5) is 0 Å². The molecule has 0 radical (unpaired) electrons.